The highest BCUT2D eigenvalue weighted by Gasteiger charge is 2.41. The minimum Gasteiger partial charge on any atom is -0.481 e. The first-order valence-electron chi connectivity index (χ1n) is 7.47. The zero-order valence-corrected chi connectivity index (χ0v) is 12.8. The van der Waals surface area contributed by atoms with Crippen molar-refractivity contribution in [3.8, 4) is 0 Å². The van der Waals surface area contributed by atoms with Gasteiger partial charge < -0.3 is 10.0 Å². The maximum Gasteiger partial charge on any atom is 0.311 e. The van der Waals surface area contributed by atoms with Crippen molar-refractivity contribution in [1.29, 1.82) is 0 Å². The van der Waals surface area contributed by atoms with Crippen molar-refractivity contribution in [2.24, 2.45) is 5.41 Å². The van der Waals surface area contributed by atoms with Crippen LogP contribution in [-0.4, -0.2) is 35.0 Å². The molecule has 2 rings (SSSR count). The Morgan fingerprint density at radius 2 is 1.95 bits per heavy atom. The standard InChI is InChI=1S/C17H23NO3/c1-13-6-8-14(9-7-13)4-3-5-15(19)18-11-10-17(2,12-18)16(20)21/h6-9H,3-5,10-12H2,1-2H3,(H,20,21)/t17-/m1/s1. The number of rotatable bonds is 5. The second-order valence-corrected chi connectivity index (χ2v) is 6.27. The topological polar surface area (TPSA) is 57.6 Å². The molecule has 0 saturated carbocycles. The van der Waals surface area contributed by atoms with Gasteiger partial charge >= 0.3 is 5.97 Å². The molecule has 4 heteroatoms. The largest absolute Gasteiger partial charge is 0.481 e. The Hall–Kier alpha value is -1.84. The molecule has 1 N–H and O–H groups in total. The molecule has 0 radical (unpaired) electrons. The molecule has 21 heavy (non-hydrogen) atoms. The number of carboxylic acids is 1. The average Bonchev–Trinajstić information content (AvgIpc) is 2.85. The Morgan fingerprint density at radius 1 is 1.29 bits per heavy atom. The lowest BCUT2D eigenvalue weighted by Gasteiger charge is -2.20. The van der Waals surface area contributed by atoms with Gasteiger partial charge in [-0.3, -0.25) is 9.59 Å². The molecule has 1 aromatic rings. The number of nitrogens with zero attached hydrogens (tertiary/aromatic N) is 1. The van der Waals surface area contributed by atoms with Gasteiger partial charge in [0.15, 0.2) is 0 Å². The molecule has 4 nitrogen and oxygen atoms in total. The lowest BCUT2D eigenvalue weighted by Crippen LogP contribution is -2.34. The lowest BCUT2D eigenvalue weighted by atomic mass is 9.90. The fraction of sp³-hybridized carbons (Fsp3) is 0.529. The van der Waals surface area contributed by atoms with Crippen molar-refractivity contribution < 1.29 is 14.7 Å². The summed E-state index contributed by atoms with van der Waals surface area (Å²) >= 11 is 0. The summed E-state index contributed by atoms with van der Waals surface area (Å²) in [5, 5.41) is 9.18. The molecule has 0 unspecified atom stereocenters. The number of carboxylic acid groups (broad SMARTS) is 1. The van der Waals surface area contributed by atoms with Crippen LogP contribution in [0.15, 0.2) is 24.3 Å². The number of amides is 1. The van der Waals surface area contributed by atoms with Crippen LogP contribution in [0.5, 0.6) is 0 Å². The minimum atomic E-state index is -0.808. The summed E-state index contributed by atoms with van der Waals surface area (Å²) in [4.78, 5) is 25.0. The molecule has 114 valence electrons. The summed E-state index contributed by atoms with van der Waals surface area (Å²) in [7, 11) is 0. The van der Waals surface area contributed by atoms with Crippen LogP contribution in [0.2, 0.25) is 0 Å². The van der Waals surface area contributed by atoms with Crippen LogP contribution >= 0.6 is 0 Å². The molecule has 1 saturated heterocycles. The third kappa shape index (κ3) is 3.84. The highest BCUT2D eigenvalue weighted by atomic mass is 16.4. The van der Waals surface area contributed by atoms with Crippen LogP contribution in [0.1, 0.15) is 37.3 Å². The van der Waals surface area contributed by atoms with Crippen LogP contribution in [-0.2, 0) is 16.0 Å². The molecule has 0 spiro atoms. The molecule has 1 heterocycles. The molecule has 1 aliphatic rings. The Bertz CT molecular complexity index is 523. The van der Waals surface area contributed by atoms with Gasteiger partial charge in [0.05, 0.1) is 5.41 Å². The van der Waals surface area contributed by atoms with Crippen molar-refractivity contribution in [1.82, 2.24) is 4.90 Å². The molecule has 1 atom stereocenters. The number of aryl methyl sites for hydroxylation is 2. The van der Waals surface area contributed by atoms with E-state index in [0.717, 1.165) is 12.8 Å². The second kappa shape index (κ2) is 6.29. The average molecular weight is 289 g/mol. The van der Waals surface area contributed by atoms with Crippen LogP contribution in [0, 0.1) is 12.3 Å². The third-order valence-corrected chi connectivity index (χ3v) is 4.32. The fourth-order valence-electron chi connectivity index (χ4n) is 2.71. The number of carbonyl (C=O) groups is 2. The molecule has 1 amide bonds. The van der Waals surface area contributed by atoms with Gasteiger partial charge in [-0.2, -0.15) is 0 Å². The first-order valence-corrected chi connectivity index (χ1v) is 7.47. The van der Waals surface area contributed by atoms with Gasteiger partial charge in [0.1, 0.15) is 0 Å². The monoisotopic (exact) mass is 289 g/mol. The maximum atomic E-state index is 12.1. The van der Waals surface area contributed by atoms with Gasteiger partial charge in [-0.15, -0.1) is 0 Å². The van der Waals surface area contributed by atoms with E-state index >= 15 is 0 Å². The number of aliphatic carboxylic acids is 1. The SMILES string of the molecule is Cc1ccc(CCCC(=O)N2CC[C@@](C)(C(=O)O)C2)cc1. The van der Waals surface area contributed by atoms with Crippen molar-refractivity contribution in [2.75, 3.05) is 13.1 Å². The predicted octanol–water partition coefficient (Wildman–Crippen LogP) is 2.64. The molecule has 1 aliphatic heterocycles. The van der Waals surface area contributed by atoms with E-state index in [0.29, 0.717) is 25.9 Å². The molecule has 0 bridgehead atoms. The van der Waals surface area contributed by atoms with Crippen molar-refractivity contribution in [2.45, 2.75) is 39.5 Å². The van der Waals surface area contributed by atoms with Gasteiger partial charge in [0, 0.05) is 19.5 Å². The summed E-state index contributed by atoms with van der Waals surface area (Å²) in [5.74, 6) is -0.732. The highest BCUT2D eigenvalue weighted by molar-refractivity contribution is 5.80. The maximum absolute atomic E-state index is 12.1. The van der Waals surface area contributed by atoms with Gasteiger partial charge in [0.25, 0.3) is 0 Å². The first-order chi connectivity index (χ1) is 9.90. The van der Waals surface area contributed by atoms with Gasteiger partial charge in [-0.25, -0.2) is 0 Å². The van der Waals surface area contributed by atoms with Gasteiger partial charge in [0.2, 0.25) is 5.91 Å². The number of benzene rings is 1. The normalized spacial score (nSPS) is 21.5. The molecule has 1 aromatic carbocycles. The molecular weight excluding hydrogens is 266 g/mol. The van der Waals surface area contributed by atoms with Crippen LogP contribution < -0.4 is 0 Å². The summed E-state index contributed by atoms with van der Waals surface area (Å²) in [6, 6.07) is 8.35. The molecular formula is C17H23NO3. The number of hydrogen-bond acceptors (Lipinski definition) is 2. The summed E-state index contributed by atoms with van der Waals surface area (Å²) in [6.07, 6.45) is 2.73. The van der Waals surface area contributed by atoms with Gasteiger partial charge in [-0.1, -0.05) is 29.8 Å². The van der Waals surface area contributed by atoms with E-state index in [4.69, 9.17) is 0 Å². The summed E-state index contributed by atoms with van der Waals surface area (Å²) in [5.41, 5.74) is 1.71. The van der Waals surface area contributed by atoms with E-state index in [1.807, 2.05) is 0 Å². The zero-order chi connectivity index (χ0) is 15.5. The van der Waals surface area contributed by atoms with Crippen molar-refractivity contribution in [3.05, 3.63) is 35.4 Å². The second-order valence-electron chi connectivity index (χ2n) is 6.27. The molecule has 1 fully saturated rings. The van der Waals surface area contributed by atoms with Crippen LogP contribution in [0.4, 0.5) is 0 Å². The molecule has 0 aromatic heterocycles. The zero-order valence-electron chi connectivity index (χ0n) is 12.8. The third-order valence-electron chi connectivity index (χ3n) is 4.32. The quantitative estimate of drug-likeness (QED) is 0.906. The molecule has 0 aliphatic carbocycles. The van der Waals surface area contributed by atoms with E-state index in [1.54, 1.807) is 11.8 Å². The summed E-state index contributed by atoms with van der Waals surface area (Å²) < 4.78 is 0. The Labute approximate surface area is 125 Å². The Morgan fingerprint density at radius 3 is 2.52 bits per heavy atom. The van der Waals surface area contributed by atoms with Crippen molar-refractivity contribution in [3.63, 3.8) is 0 Å². The van der Waals surface area contributed by atoms with E-state index in [9.17, 15) is 14.7 Å². The predicted molar refractivity (Wildman–Crippen MR) is 81.1 cm³/mol. The smallest absolute Gasteiger partial charge is 0.311 e. The minimum absolute atomic E-state index is 0.0760. The number of likely N-dealkylation sites (tertiary alicyclic amines) is 1. The van der Waals surface area contributed by atoms with Crippen molar-refractivity contribution >= 4 is 11.9 Å². The van der Waals surface area contributed by atoms with Gasteiger partial charge in [-0.05, 0) is 38.7 Å². The highest BCUT2D eigenvalue weighted by Crippen LogP contribution is 2.30. The Kier molecular flexibility index (Phi) is 4.66. The van der Waals surface area contributed by atoms with Crippen LogP contribution in [0.3, 0.4) is 0 Å². The first kappa shape index (κ1) is 15.5. The lowest BCUT2D eigenvalue weighted by molar-refractivity contribution is -0.147. The van der Waals surface area contributed by atoms with E-state index < -0.39 is 11.4 Å². The van der Waals surface area contributed by atoms with E-state index in [-0.39, 0.29) is 5.91 Å². The van der Waals surface area contributed by atoms with E-state index in [2.05, 4.69) is 31.2 Å². The Balaban J connectivity index is 1.78. The number of carbonyl (C=O) groups excluding carboxylic acids is 1. The summed E-state index contributed by atoms with van der Waals surface area (Å²) in [6.45, 7) is 4.67. The fourth-order valence-corrected chi connectivity index (χ4v) is 2.71. The van der Waals surface area contributed by atoms with E-state index in [1.165, 1.54) is 11.1 Å². The van der Waals surface area contributed by atoms with Crippen LogP contribution in [0.25, 0.3) is 0 Å². The number of hydrogen-bond donors (Lipinski definition) is 1.